The Morgan fingerprint density at radius 3 is 3.19 bits per heavy atom. The van der Waals surface area contributed by atoms with Crippen molar-refractivity contribution in [1.29, 1.82) is 0 Å². The van der Waals surface area contributed by atoms with Gasteiger partial charge in [0.1, 0.15) is 0 Å². The summed E-state index contributed by atoms with van der Waals surface area (Å²) in [6.07, 6.45) is 7.96. The molecule has 16 heavy (non-hydrogen) atoms. The first kappa shape index (κ1) is 10.5. The van der Waals surface area contributed by atoms with Crippen LogP contribution < -0.4 is 4.90 Å². The van der Waals surface area contributed by atoms with Gasteiger partial charge in [-0.15, -0.1) is 0 Å². The van der Waals surface area contributed by atoms with Crippen LogP contribution in [0, 0.1) is 0 Å². The summed E-state index contributed by atoms with van der Waals surface area (Å²) in [7, 11) is 0. The van der Waals surface area contributed by atoms with Gasteiger partial charge in [0.25, 0.3) is 0 Å². The highest BCUT2D eigenvalue weighted by Gasteiger charge is 2.36. The molecule has 0 spiro atoms. The van der Waals surface area contributed by atoms with E-state index >= 15 is 0 Å². The topological polar surface area (TPSA) is 25.4 Å². The van der Waals surface area contributed by atoms with Crippen molar-refractivity contribution < 1.29 is 4.74 Å². The number of morpholine rings is 1. The van der Waals surface area contributed by atoms with Crippen LogP contribution in [0.5, 0.6) is 0 Å². The van der Waals surface area contributed by atoms with Gasteiger partial charge in [-0.3, -0.25) is 4.98 Å². The lowest BCUT2D eigenvalue weighted by Crippen LogP contribution is -2.48. The summed E-state index contributed by atoms with van der Waals surface area (Å²) >= 11 is 3.48. The first-order valence-corrected chi connectivity index (χ1v) is 6.63. The van der Waals surface area contributed by atoms with E-state index in [0.29, 0.717) is 12.1 Å². The minimum Gasteiger partial charge on any atom is -0.374 e. The number of ether oxygens (including phenoxy) is 1. The largest absolute Gasteiger partial charge is 0.374 e. The summed E-state index contributed by atoms with van der Waals surface area (Å²) in [6.45, 7) is 1.83. The Labute approximate surface area is 104 Å². The Balaban J connectivity index is 1.88. The average molecular weight is 283 g/mol. The Kier molecular flexibility index (Phi) is 2.86. The Morgan fingerprint density at radius 1 is 1.38 bits per heavy atom. The molecule has 2 aliphatic rings. The normalized spacial score (nSPS) is 29.2. The van der Waals surface area contributed by atoms with Gasteiger partial charge in [-0.25, -0.2) is 0 Å². The summed E-state index contributed by atoms with van der Waals surface area (Å²) in [4.78, 5) is 6.70. The summed E-state index contributed by atoms with van der Waals surface area (Å²) in [5.74, 6) is 0. The molecule has 2 fully saturated rings. The zero-order valence-electron chi connectivity index (χ0n) is 9.10. The number of fused-ring (bicyclic) bond motifs is 1. The van der Waals surface area contributed by atoms with Gasteiger partial charge in [0.05, 0.1) is 30.6 Å². The maximum absolute atomic E-state index is 5.81. The van der Waals surface area contributed by atoms with E-state index in [4.69, 9.17) is 4.74 Å². The van der Waals surface area contributed by atoms with Crippen LogP contribution in [0.25, 0.3) is 0 Å². The van der Waals surface area contributed by atoms with Crippen molar-refractivity contribution in [3.05, 3.63) is 22.9 Å². The van der Waals surface area contributed by atoms with Gasteiger partial charge in [0, 0.05) is 17.2 Å². The number of nitrogens with zero attached hydrogens (tertiary/aromatic N) is 2. The molecule has 1 aromatic heterocycles. The summed E-state index contributed by atoms with van der Waals surface area (Å²) in [6, 6.07) is 2.71. The van der Waals surface area contributed by atoms with E-state index in [9.17, 15) is 0 Å². The summed E-state index contributed by atoms with van der Waals surface area (Å²) in [5.41, 5.74) is 1.22. The van der Waals surface area contributed by atoms with Gasteiger partial charge in [-0.05, 0) is 41.3 Å². The van der Waals surface area contributed by atoms with Crippen molar-refractivity contribution in [2.24, 2.45) is 0 Å². The van der Waals surface area contributed by atoms with Gasteiger partial charge < -0.3 is 9.64 Å². The van der Waals surface area contributed by atoms with Crippen molar-refractivity contribution in [3.8, 4) is 0 Å². The number of aromatic nitrogens is 1. The molecule has 4 heteroatoms. The fraction of sp³-hybridized carbons (Fsp3) is 0.583. The maximum atomic E-state index is 5.81. The van der Waals surface area contributed by atoms with Crippen LogP contribution in [-0.4, -0.2) is 30.3 Å². The fourth-order valence-corrected chi connectivity index (χ4v) is 3.16. The second-order valence-corrected chi connectivity index (χ2v) is 5.38. The van der Waals surface area contributed by atoms with Gasteiger partial charge in [0.15, 0.2) is 0 Å². The number of anilines is 1. The molecular formula is C12H15BrN2O. The third-order valence-corrected chi connectivity index (χ3v) is 3.94. The predicted molar refractivity (Wildman–Crippen MR) is 66.7 cm³/mol. The highest BCUT2D eigenvalue weighted by Crippen LogP contribution is 2.33. The summed E-state index contributed by atoms with van der Waals surface area (Å²) < 4.78 is 6.86. The fourth-order valence-electron chi connectivity index (χ4n) is 2.80. The molecule has 0 radical (unpaired) electrons. The minimum absolute atomic E-state index is 0.438. The molecule has 3 nitrogen and oxygen atoms in total. The molecular weight excluding hydrogens is 268 g/mol. The molecule has 1 saturated carbocycles. The number of pyridine rings is 1. The van der Waals surface area contributed by atoms with Gasteiger partial charge in [0.2, 0.25) is 0 Å². The van der Waals surface area contributed by atoms with Crippen LogP contribution in [0.4, 0.5) is 5.69 Å². The Bertz CT molecular complexity index is 385. The van der Waals surface area contributed by atoms with E-state index in [1.807, 2.05) is 12.4 Å². The van der Waals surface area contributed by atoms with E-state index < -0.39 is 0 Å². The maximum Gasteiger partial charge on any atom is 0.0779 e. The lowest BCUT2D eigenvalue weighted by Gasteiger charge is -2.39. The third kappa shape index (κ3) is 1.84. The SMILES string of the molecule is Brc1cncc(N2CCOC3CCCC32)c1. The molecule has 2 heterocycles. The second kappa shape index (κ2) is 4.34. The molecule has 3 rings (SSSR count). The standard InChI is InChI=1S/C12H15BrN2O/c13-9-6-10(8-14-7-9)15-4-5-16-12-3-1-2-11(12)15/h6-8,11-12H,1-5H2. The molecule has 86 valence electrons. The number of hydrogen-bond donors (Lipinski definition) is 0. The molecule has 0 bridgehead atoms. The molecule has 0 N–H and O–H groups in total. The van der Waals surface area contributed by atoms with Crippen molar-refractivity contribution in [2.75, 3.05) is 18.1 Å². The van der Waals surface area contributed by atoms with Gasteiger partial charge in [-0.2, -0.15) is 0 Å². The van der Waals surface area contributed by atoms with Crippen molar-refractivity contribution in [2.45, 2.75) is 31.4 Å². The molecule has 1 saturated heterocycles. The molecule has 1 aliphatic heterocycles. The monoisotopic (exact) mass is 282 g/mol. The quantitative estimate of drug-likeness (QED) is 0.792. The first-order chi connectivity index (χ1) is 7.84. The number of rotatable bonds is 1. The van der Waals surface area contributed by atoms with Crippen molar-refractivity contribution in [3.63, 3.8) is 0 Å². The third-order valence-electron chi connectivity index (χ3n) is 3.50. The van der Waals surface area contributed by atoms with Crippen LogP contribution in [0.15, 0.2) is 22.9 Å². The molecule has 2 unspecified atom stereocenters. The van der Waals surface area contributed by atoms with E-state index in [-0.39, 0.29) is 0 Å². The average Bonchev–Trinajstić information content (AvgIpc) is 2.76. The molecule has 0 amide bonds. The zero-order chi connectivity index (χ0) is 11.0. The second-order valence-electron chi connectivity index (χ2n) is 4.46. The van der Waals surface area contributed by atoms with Crippen molar-refractivity contribution >= 4 is 21.6 Å². The van der Waals surface area contributed by atoms with E-state index in [1.54, 1.807) is 0 Å². The Hall–Kier alpha value is -0.610. The lowest BCUT2D eigenvalue weighted by molar-refractivity contribution is 0.0256. The highest BCUT2D eigenvalue weighted by atomic mass is 79.9. The van der Waals surface area contributed by atoms with E-state index in [0.717, 1.165) is 17.6 Å². The van der Waals surface area contributed by atoms with Gasteiger partial charge >= 0.3 is 0 Å². The zero-order valence-corrected chi connectivity index (χ0v) is 10.7. The highest BCUT2D eigenvalue weighted by molar-refractivity contribution is 9.10. The van der Waals surface area contributed by atoms with E-state index in [1.165, 1.54) is 24.9 Å². The smallest absolute Gasteiger partial charge is 0.0779 e. The Morgan fingerprint density at radius 2 is 2.31 bits per heavy atom. The summed E-state index contributed by atoms with van der Waals surface area (Å²) in [5, 5.41) is 0. The van der Waals surface area contributed by atoms with Gasteiger partial charge in [-0.1, -0.05) is 0 Å². The molecule has 0 aromatic carbocycles. The van der Waals surface area contributed by atoms with Crippen LogP contribution >= 0.6 is 15.9 Å². The first-order valence-electron chi connectivity index (χ1n) is 5.83. The van der Waals surface area contributed by atoms with Crippen molar-refractivity contribution in [1.82, 2.24) is 4.98 Å². The number of hydrogen-bond acceptors (Lipinski definition) is 3. The molecule has 1 aromatic rings. The number of halogens is 1. The molecule has 1 aliphatic carbocycles. The van der Waals surface area contributed by atoms with Crippen LogP contribution in [-0.2, 0) is 4.74 Å². The predicted octanol–water partition coefficient (Wildman–Crippen LogP) is 2.60. The minimum atomic E-state index is 0.438. The van der Waals surface area contributed by atoms with E-state index in [2.05, 4.69) is 31.9 Å². The lowest BCUT2D eigenvalue weighted by atomic mass is 10.1. The van der Waals surface area contributed by atoms with Crippen LogP contribution in [0.1, 0.15) is 19.3 Å². The molecule has 2 atom stereocenters. The van der Waals surface area contributed by atoms with Crippen LogP contribution in [0.2, 0.25) is 0 Å². The van der Waals surface area contributed by atoms with Crippen LogP contribution in [0.3, 0.4) is 0 Å².